The molecule has 0 fully saturated rings. The first-order chi connectivity index (χ1) is 2.27. The summed E-state index contributed by atoms with van der Waals surface area (Å²) in [5.74, 6) is 0. The second-order valence-electron chi connectivity index (χ2n) is 0.503. The van der Waals surface area contributed by atoms with Gasteiger partial charge in [-0.2, -0.15) is 44.0 Å². The lowest BCUT2D eigenvalue weighted by Crippen LogP contribution is -1.71. The van der Waals surface area contributed by atoms with E-state index in [0.717, 1.165) is 0 Å². The molecule has 1 nitrogen and oxygen atoms in total. The van der Waals surface area contributed by atoms with Gasteiger partial charge in [-0.15, -0.1) is 0 Å². The van der Waals surface area contributed by atoms with E-state index in [4.69, 9.17) is 5.26 Å². The minimum Gasteiger partial charge on any atom is -0.197 e. The van der Waals surface area contributed by atoms with E-state index in [0.29, 0.717) is 0 Å². The van der Waals surface area contributed by atoms with Crippen LogP contribution in [0.1, 0.15) is 0 Å². The van der Waals surface area contributed by atoms with Crippen molar-refractivity contribution in [3.8, 4) is 6.07 Å². The lowest BCUT2D eigenvalue weighted by atomic mass is 10.9. The van der Waals surface area contributed by atoms with E-state index < -0.39 is 4.58 Å². The van der Waals surface area contributed by atoms with Crippen molar-refractivity contribution < 1.29 is 0 Å². The maximum absolute atomic E-state index is 7.74. The van der Waals surface area contributed by atoms with Gasteiger partial charge in [0, 0.05) is 0 Å². The van der Waals surface area contributed by atoms with Crippen molar-refractivity contribution >= 4 is 38.8 Å². The van der Waals surface area contributed by atoms with Gasteiger partial charge in [-0.3, -0.25) is 0 Å². The van der Waals surface area contributed by atoms with Crippen LogP contribution in [0.4, 0.5) is 0 Å². The Kier molecular flexibility index (Phi) is 8.99. The third-order valence-electron chi connectivity index (χ3n) is 0.115. The predicted molar refractivity (Wildman–Crippen MR) is 37.8 cm³/mol. The third-order valence-corrected chi connectivity index (χ3v) is 0.346. The van der Waals surface area contributed by atoms with Gasteiger partial charge in [0.25, 0.3) is 0 Å². The molecule has 0 heterocycles. The van der Waals surface area contributed by atoms with Crippen LogP contribution >= 0.6 is 38.8 Å². The molecule has 0 unspecified atom stereocenters. The molecule has 36 valence electrons. The van der Waals surface area contributed by atoms with Gasteiger partial charge >= 0.3 is 0 Å². The topological polar surface area (TPSA) is 23.8 Å². The largest absolute Gasteiger partial charge is 0.197 e. The first-order valence-corrected chi connectivity index (χ1v) is 2.06. The molecule has 0 spiro atoms. The molecule has 0 N–H and O–H groups in total. The van der Waals surface area contributed by atoms with Crippen LogP contribution in [0.5, 0.6) is 0 Å². The molecule has 0 saturated carbocycles. The highest BCUT2D eigenvalue weighted by Crippen LogP contribution is 1.93. The van der Waals surface area contributed by atoms with E-state index in [1.807, 2.05) is 0 Å². The average Bonchev–Trinajstić information content (AvgIpc) is 1.38. The molecule has 0 amide bonds. The number of rotatable bonds is 0. The van der Waals surface area contributed by atoms with Crippen molar-refractivity contribution in [3.05, 3.63) is 0 Å². The Hall–Kier alpha value is 0.540. The summed E-state index contributed by atoms with van der Waals surface area (Å²) in [6, 6.07) is 1.76. The molecule has 0 aromatic rings. The average molecular weight is 139 g/mol. The van der Waals surface area contributed by atoms with E-state index in [9.17, 15) is 0 Å². The predicted octanol–water partition coefficient (Wildman–Crippen LogP) is 0.808. The van der Waals surface area contributed by atoms with Gasteiger partial charge in [0.15, 0.2) is 0 Å². The molecule has 4 heteroatoms. The zero-order chi connectivity index (χ0) is 4.28. The van der Waals surface area contributed by atoms with Crippen LogP contribution in [0.3, 0.4) is 0 Å². The second-order valence-corrected chi connectivity index (χ2v) is 1.94. The van der Waals surface area contributed by atoms with Crippen LogP contribution in [0, 0.1) is 11.3 Å². The van der Waals surface area contributed by atoms with Crippen molar-refractivity contribution in [1.82, 2.24) is 0 Å². The van der Waals surface area contributed by atoms with Gasteiger partial charge in [-0.05, 0) is 0 Å². The highest BCUT2D eigenvalue weighted by molar-refractivity contribution is 7.99. The lowest BCUT2D eigenvalue weighted by molar-refractivity contribution is 1.48. The molecule has 0 aliphatic carbocycles. The molecule has 0 atom stereocenters. The molecule has 0 aliphatic rings. The number of hydrogen-bond acceptors (Lipinski definition) is 3. The van der Waals surface area contributed by atoms with Crippen molar-refractivity contribution in [3.63, 3.8) is 0 Å². The Morgan fingerprint density at radius 2 is 1.67 bits per heavy atom. The molecule has 0 rings (SSSR count). The Morgan fingerprint density at radius 1 is 1.50 bits per heavy atom. The van der Waals surface area contributed by atoms with E-state index >= 15 is 0 Å². The number of nitrogens with zero attached hydrogens (tertiary/aromatic N) is 1. The Labute approximate surface area is 55.0 Å². The summed E-state index contributed by atoms with van der Waals surface area (Å²) in [4.78, 5) is 0. The second kappa shape index (κ2) is 5.54. The standard InChI is InChI=1S/C2H3NS2.H2S/c3-1-2(4)5;/h2,4-5H;1H2. The number of thiol groups is 2. The molecule has 0 radical (unpaired) electrons. The summed E-state index contributed by atoms with van der Waals surface area (Å²) >= 11 is 7.20. The van der Waals surface area contributed by atoms with Crippen LogP contribution in [-0.2, 0) is 0 Å². The Bertz CT molecular complexity index is 54.3. The molecule has 0 bridgehead atoms. The maximum atomic E-state index is 7.74. The third kappa shape index (κ3) is 8.82. The first kappa shape index (κ1) is 9.74. The summed E-state index contributed by atoms with van der Waals surface area (Å²) in [6.45, 7) is 0. The monoisotopic (exact) mass is 139 g/mol. The summed E-state index contributed by atoms with van der Waals surface area (Å²) in [6.07, 6.45) is 0. The zero-order valence-corrected chi connectivity index (χ0v) is 5.71. The highest BCUT2D eigenvalue weighted by Gasteiger charge is 1.80. The SMILES string of the molecule is N#CC(S)S.S. The van der Waals surface area contributed by atoms with Crippen LogP contribution in [0.2, 0.25) is 0 Å². The fraction of sp³-hybridized carbons (Fsp3) is 0.500. The summed E-state index contributed by atoms with van der Waals surface area (Å²) < 4.78 is -0.421. The molecule has 0 aromatic carbocycles. The van der Waals surface area contributed by atoms with Gasteiger partial charge in [-0.25, -0.2) is 0 Å². The van der Waals surface area contributed by atoms with Crippen molar-refractivity contribution in [2.45, 2.75) is 4.58 Å². The van der Waals surface area contributed by atoms with E-state index in [2.05, 4.69) is 25.3 Å². The van der Waals surface area contributed by atoms with Crippen molar-refractivity contribution in [2.24, 2.45) is 0 Å². The summed E-state index contributed by atoms with van der Waals surface area (Å²) in [7, 11) is 0. The van der Waals surface area contributed by atoms with Gasteiger partial charge in [0.2, 0.25) is 0 Å². The van der Waals surface area contributed by atoms with E-state index in [1.165, 1.54) is 0 Å². The van der Waals surface area contributed by atoms with Crippen LogP contribution in [0.15, 0.2) is 0 Å². The summed E-state index contributed by atoms with van der Waals surface area (Å²) in [5.41, 5.74) is 0. The molecular formula is C2H5NS3. The van der Waals surface area contributed by atoms with Gasteiger partial charge < -0.3 is 0 Å². The smallest absolute Gasteiger partial charge is 0.132 e. The molecule has 0 aromatic heterocycles. The van der Waals surface area contributed by atoms with Crippen molar-refractivity contribution in [1.29, 1.82) is 5.26 Å². The minimum absolute atomic E-state index is 0. The van der Waals surface area contributed by atoms with Crippen LogP contribution in [-0.4, -0.2) is 4.58 Å². The first-order valence-electron chi connectivity index (χ1n) is 1.03. The fourth-order valence-corrected chi connectivity index (χ4v) is 0. The van der Waals surface area contributed by atoms with Crippen LogP contribution in [0.25, 0.3) is 0 Å². The quantitative estimate of drug-likeness (QED) is 0.376. The highest BCUT2D eigenvalue weighted by atomic mass is 32.2. The van der Waals surface area contributed by atoms with Gasteiger partial charge in [0.1, 0.15) is 4.58 Å². The minimum atomic E-state index is -0.421. The molecule has 0 aliphatic heterocycles. The van der Waals surface area contributed by atoms with E-state index in [1.54, 1.807) is 6.07 Å². The zero-order valence-electron chi connectivity index (χ0n) is 2.92. The Balaban J connectivity index is 0. The fourth-order valence-electron chi connectivity index (χ4n) is 0. The Morgan fingerprint density at radius 3 is 1.67 bits per heavy atom. The number of hydrogen-bond donors (Lipinski definition) is 2. The maximum Gasteiger partial charge on any atom is 0.132 e. The van der Waals surface area contributed by atoms with Crippen molar-refractivity contribution in [2.75, 3.05) is 0 Å². The van der Waals surface area contributed by atoms with Gasteiger partial charge in [0.05, 0.1) is 6.07 Å². The number of nitriles is 1. The molecular weight excluding hydrogens is 134 g/mol. The summed E-state index contributed by atoms with van der Waals surface area (Å²) in [5, 5.41) is 7.74. The lowest BCUT2D eigenvalue weighted by Gasteiger charge is -1.74. The molecule has 6 heavy (non-hydrogen) atoms. The van der Waals surface area contributed by atoms with Gasteiger partial charge in [-0.1, -0.05) is 0 Å². The normalized spacial score (nSPS) is 6.33. The van der Waals surface area contributed by atoms with E-state index in [-0.39, 0.29) is 13.5 Å². The molecule has 0 saturated heterocycles. The van der Waals surface area contributed by atoms with Crippen LogP contribution < -0.4 is 0 Å².